The number of hydrogen-bond acceptors (Lipinski definition) is 5. The fourth-order valence-electron chi connectivity index (χ4n) is 3.73. The standard InChI is InChI=1S/C28H23N3S2/c1-5-11-32-24-13-18(3)25-10-8-23(15-21(25)16-24)30-31-28-19(4)26-9-7-22(29)14-20(26)17-27(28)33-12-6-2/h7-10,13-17H,29H2,1-4H3/b31-30+. The van der Waals surface area contributed by atoms with E-state index in [-0.39, 0.29) is 0 Å². The Morgan fingerprint density at radius 2 is 1.48 bits per heavy atom. The van der Waals surface area contributed by atoms with E-state index < -0.39 is 0 Å². The first kappa shape index (κ1) is 22.8. The van der Waals surface area contributed by atoms with Crippen molar-refractivity contribution >= 4 is 62.1 Å². The number of thioether (sulfide) groups is 2. The Bertz CT molecular complexity index is 1530. The predicted octanol–water partition coefficient (Wildman–Crippen LogP) is 8.75. The summed E-state index contributed by atoms with van der Waals surface area (Å²) >= 11 is 3.00. The highest BCUT2D eigenvalue weighted by Crippen LogP contribution is 2.39. The lowest BCUT2D eigenvalue weighted by Gasteiger charge is -2.10. The molecule has 0 atom stereocenters. The zero-order chi connectivity index (χ0) is 23.4. The first-order valence-corrected chi connectivity index (χ1v) is 12.1. The van der Waals surface area contributed by atoms with Crippen LogP contribution >= 0.6 is 23.5 Å². The van der Waals surface area contributed by atoms with E-state index in [1.165, 1.54) is 34.5 Å². The average molecular weight is 466 g/mol. The largest absolute Gasteiger partial charge is 0.399 e. The summed E-state index contributed by atoms with van der Waals surface area (Å²) < 4.78 is 0. The van der Waals surface area contributed by atoms with Gasteiger partial charge in [0.1, 0.15) is 5.69 Å². The lowest BCUT2D eigenvalue weighted by Crippen LogP contribution is -1.87. The summed E-state index contributed by atoms with van der Waals surface area (Å²) in [4.78, 5) is 2.10. The summed E-state index contributed by atoms with van der Waals surface area (Å²) in [6.07, 6.45) is 0. The normalized spacial score (nSPS) is 10.8. The van der Waals surface area contributed by atoms with Crippen LogP contribution in [0.25, 0.3) is 21.5 Å². The van der Waals surface area contributed by atoms with Crippen molar-refractivity contribution in [3.05, 3.63) is 65.7 Å². The molecule has 0 aliphatic carbocycles. The molecule has 5 heteroatoms. The van der Waals surface area contributed by atoms with Gasteiger partial charge >= 0.3 is 0 Å². The second-order valence-electron chi connectivity index (χ2n) is 7.58. The Morgan fingerprint density at radius 1 is 0.758 bits per heavy atom. The van der Waals surface area contributed by atoms with Crippen LogP contribution < -0.4 is 5.73 Å². The van der Waals surface area contributed by atoms with E-state index in [0.717, 1.165) is 48.6 Å². The molecule has 0 bridgehead atoms. The van der Waals surface area contributed by atoms with E-state index in [1.54, 1.807) is 0 Å². The number of fused-ring (bicyclic) bond motifs is 2. The molecule has 33 heavy (non-hydrogen) atoms. The van der Waals surface area contributed by atoms with Gasteiger partial charge in [-0.15, -0.1) is 5.11 Å². The van der Waals surface area contributed by atoms with E-state index in [4.69, 9.17) is 5.73 Å². The third kappa shape index (κ3) is 5.01. The molecule has 0 aromatic heterocycles. The Hall–Kier alpha value is -3.38. The molecule has 0 spiro atoms. The molecule has 0 aliphatic rings. The molecule has 0 unspecified atom stereocenters. The van der Waals surface area contributed by atoms with Crippen LogP contribution in [0.4, 0.5) is 17.1 Å². The maximum atomic E-state index is 6.00. The van der Waals surface area contributed by atoms with Crippen LogP contribution in [0, 0.1) is 36.2 Å². The molecular formula is C28H23N3S2. The zero-order valence-electron chi connectivity index (χ0n) is 19.0. The van der Waals surface area contributed by atoms with E-state index in [2.05, 4.69) is 76.8 Å². The van der Waals surface area contributed by atoms with E-state index in [1.807, 2.05) is 38.1 Å². The SMILES string of the molecule is CC#CSc1cc(C)c2ccc(/N=N/c3c(SC#CC)cc4cc(N)ccc4c3C)cc2c1. The summed E-state index contributed by atoms with van der Waals surface area (Å²) in [7, 11) is 0. The summed E-state index contributed by atoms with van der Waals surface area (Å²) in [5.41, 5.74) is 10.7. The molecule has 3 nitrogen and oxygen atoms in total. The lowest BCUT2D eigenvalue weighted by molar-refractivity contribution is 1.18. The quantitative estimate of drug-likeness (QED) is 0.142. The molecule has 0 amide bonds. The fourth-order valence-corrected chi connectivity index (χ4v) is 5.06. The Kier molecular flexibility index (Phi) is 6.94. The van der Waals surface area contributed by atoms with Gasteiger partial charge in [-0.05, 0) is 137 Å². The number of benzene rings is 4. The molecular weight excluding hydrogens is 442 g/mol. The van der Waals surface area contributed by atoms with Crippen molar-refractivity contribution in [2.24, 2.45) is 10.2 Å². The monoisotopic (exact) mass is 465 g/mol. The summed E-state index contributed by atoms with van der Waals surface area (Å²) in [6, 6.07) is 18.5. The van der Waals surface area contributed by atoms with Gasteiger partial charge in [0.25, 0.3) is 0 Å². The number of anilines is 1. The topological polar surface area (TPSA) is 50.7 Å². The van der Waals surface area contributed by atoms with Crippen molar-refractivity contribution in [2.45, 2.75) is 37.5 Å². The number of aryl methyl sites for hydroxylation is 2. The van der Waals surface area contributed by atoms with Gasteiger partial charge in [-0.2, -0.15) is 5.11 Å². The van der Waals surface area contributed by atoms with Gasteiger partial charge in [-0.25, -0.2) is 0 Å². The highest BCUT2D eigenvalue weighted by molar-refractivity contribution is 8.04. The van der Waals surface area contributed by atoms with Gasteiger partial charge in [-0.1, -0.05) is 24.0 Å². The Morgan fingerprint density at radius 3 is 2.27 bits per heavy atom. The average Bonchev–Trinajstić information content (AvgIpc) is 2.80. The van der Waals surface area contributed by atoms with Gasteiger partial charge in [0, 0.05) is 15.5 Å². The molecule has 0 radical (unpaired) electrons. The summed E-state index contributed by atoms with van der Waals surface area (Å²) in [6.45, 7) is 7.87. The van der Waals surface area contributed by atoms with Crippen LogP contribution in [0.5, 0.6) is 0 Å². The molecule has 4 aromatic carbocycles. The maximum Gasteiger partial charge on any atom is 0.104 e. The zero-order valence-corrected chi connectivity index (χ0v) is 20.6. The lowest BCUT2D eigenvalue weighted by atomic mass is 10.0. The van der Waals surface area contributed by atoms with E-state index >= 15 is 0 Å². The van der Waals surface area contributed by atoms with Crippen LogP contribution in [0.3, 0.4) is 0 Å². The van der Waals surface area contributed by atoms with E-state index in [9.17, 15) is 0 Å². The number of nitrogens with zero attached hydrogens (tertiary/aromatic N) is 2. The van der Waals surface area contributed by atoms with Crippen LogP contribution in [-0.2, 0) is 0 Å². The maximum absolute atomic E-state index is 6.00. The highest BCUT2D eigenvalue weighted by Gasteiger charge is 2.11. The predicted molar refractivity (Wildman–Crippen MR) is 145 cm³/mol. The fraction of sp³-hybridized carbons (Fsp3) is 0.143. The molecule has 4 rings (SSSR count). The molecule has 0 saturated carbocycles. The minimum atomic E-state index is 0.739. The molecule has 4 aromatic rings. The van der Waals surface area contributed by atoms with Crippen molar-refractivity contribution in [1.29, 1.82) is 0 Å². The second-order valence-corrected chi connectivity index (χ2v) is 9.31. The summed E-state index contributed by atoms with van der Waals surface area (Å²) in [5, 5.41) is 20.0. The number of rotatable bonds is 4. The minimum Gasteiger partial charge on any atom is -0.399 e. The molecule has 2 N–H and O–H groups in total. The van der Waals surface area contributed by atoms with Gasteiger partial charge < -0.3 is 5.73 Å². The van der Waals surface area contributed by atoms with Crippen molar-refractivity contribution in [3.63, 3.8) is 0 Å². The first-order chi connectivity index (χ1) is 16.0. The smallest absolute Gasteiger partial charge is 0.104 e. The summed E-state index contributed by atoms with van der Waals surface area (Å²) in [5.74, 6) is 5.88. The number of nitrogen functional groups attached to an aromatic ring is 1. The number of azo groups is 1. The van der Waals surface area contributed by atoms with E-state index in [0.29, 0.717) is 0 Å². The number of hydrogen-bond donors (Lipinski definition) is 1. The van der Waals surface area contributed by atoms with Crippen molar-refractivity contribution in [1.82, 2.24) is 0 Å². The third-order valence-corrected chi connectivity index (χ3v) is 6.89. The Balaban J connectivity index is 1.79. The van der Waals surface area contributed by atoms with Crippen LogP contribution in [-0.4, -0.2) is 0 Å². The molecule has 0 heterocycles. The van der Waals surface area contributed by atoms with Crippen LogP contribution in [0.15, 0.2) is 74.6 Å². The molecule has 0 fully saturated rings. The molecule has 0 saturated heterocycles. The Labute approximate surface area is 203 Å². The van der Waals surface area contributed by atoms with Crippen LogP contribution in [0.1, 0.15) is 25.0 Å². The third-order valence-electron chi connectivity index (χ3n) is 5.27. The molecule has 162 valence electrons. The van der Waals surface area contributed by atoms with Crippen LogP contribution in [0.2, 0.25) is 0 Å². The van der Waals surface area contributed by atoms with Gasteiger partial charge in [0.05, 0.1) is 5.69 Å². The highest BCUT2D eigenvalue weighted by atomic mass is 32.2. The van der Waals surface area contributed by atoms with Crippen molar-refractivity contribution in [2.75, 3.05) is 5.73 Å². The minimum absolute atomic E-state index is 0.739. The van der Waals surface area contributed by atoms with Gasteiger partial charge in [-0.3, -0.25) is 0 Å². The molecule has 0 aliphatic heterocycles. The second kappa shape index (κ2) is 10.0. The first-order valence-electron chi connectivity index (χ1n) is 10.5. The van der Waals surface area contributed by atoms with Gasteiger partial charge in [0.15, 0.2) is 0 Å². The number of nitrogens with two attached hydrogens (primary N) is 1. The van der Waals surface area contributed by atoms with Gasteiger partial charge in [0.2, 0.25) is 0 Å². The van der Waals surface area contributed by atoms with Crippen molar-refractivity contribution < 1.29 is 0 Å². The van der Waals surface area contributed by atoms with Crippen molar-refractivity contribution in [3.8, 4) is 22.3 Å².